The van der Waals surface area contributed by atoms with Gasteiger partial charge in [0.1, 0.15) is 0 Å². The Morgan fingerprint density at radius 2 is 2.38 bits per heavy atom. The van der Waals surface area contributed by atoms with Gasteiger partial charge in [-0.15, -0.1) is 0 Å². The van der Waals surface area contributed by atoms with Crippen LogP contribution >= 0.6 is 0 Å². The molecule has 2 aromatic rings. The number of H-pyrrole nitrogens is 1. The largest absolute Gasteiger partial charge is 0.387 e. The molecule has 0 amide bonds. The molecule has 2 aromatic heterocycles. The van der Waals surface area contributed by atoms with Crippen LogP contribution in [0.4, 0.5) is 0 Å². The van der Waals surface area contributed by atoms with E-state index in [1.54, 1.807) is 13.1 Å². The molecule has 0 aromatic carbocycles. The van der Waals surface area contributed by atoms with Gasteiger partial charge in [-0.2, -0.15) is 0 Å². The number of nitrogens with one attached hydrogen (secondary N) is 1. The first-order valence-corrected chi connectivity index (χ1v) is 5.11. The fourth-order valence-electron chi connectivity index (χ4n) is 1.56. The molecule has 0 atom stereocenters. The first-order valence-electron chi connectivity index (χ1n) is 5.11. The summed E-state index contributed by atoms with van der Waals surface area (Å²) in [5.74, 6) is 0.541. The summed E-state index contributed by atoms with van der Waals surface area (Å²) in [6.45, 7) is 3.70. The van der Waals surface area contributed by atoms with E-state index in [2.05, 4.69) is 15.0 Å². The smallest absolute Gasteiger partial charge is 0.0965 e. The SMILES string of the molecule is CC=C(N=C(C)N)c1cnc2cc[nH]c2c1. The number of pyridine rings is 1. The van der Waals surface area contributed by atoms with Crippen LogP contribution in [0, 0.1) is 0 Å². The van der Waals surface area contributed by atoms with Crippen molar-refractivity contribution in [2.24, 2.45) is 10.7 Å². The van der Waals surface area contributed by atoms with Crippen LogP contribution < -0.4 is 5.73 Å². The maximum Gasteiger partial charge on any atom is 0.0965 e. The molecule has 0 fully saturated rings. The van der Waals surface area contributed by atoms with Gasteiger partial charge in [-0.25, -0.2) is 4.99 Å². The third-order valence-corrected chi connectivity index (χ3v) is 2.26. The molecule has 0 aliphatic carbocycles. The van der Waals surface area contributed by atoms with Gasteiger partial charge >= 0.3 is 0 Å². The molecule has 0 saturated heterocycles. The van der Waals surface area contributed by atoms with Crippen molar-refractivity contribution >= 4 is 22.6 Å². The van der Waals surface area contributed by atoms with Crippen molar-refractivity contribution in [3.63, 3.8) is 0 Å². The van der Waals surface area contributed by atoms with Crippen LogP contribution in [-0.4, -0.2) is 15.8 Å². The lowest BCUT2D eigenvalue weighted by molar-refractivity contribution is 1.35. The summed E-state index contributed by atoms with van der Waals surface area (Å²) >= 11 is 0. The second kappa shape index (κ2) is 4.18. The van der Waals surface area contributed by atoms with Gasteiger partial charge in [-0.1, -0.05) is 6.08 Å². The standard InChI is InChI=1S/C12H14N4/c1-3-10(16-8(2)13)9-6-12-11(15-7-9)4-5-14-12/h3-7,14H,1-2H3,(H2,13,16). The minimum Gasteiger partial charge on any atom is -0.387 e. The van der Waals surface area contributed by atoms with Crippen molar-refractivity contribution in [1.82, 2.24) is 9.97 Å². The molecule has 82 valence electrons. The Hall–Kier alpha value is -2.10. The summed E-state index contributed by atoms with van der Waals surface area (Å²) < 4.78 is 0. The lowest BCUT2D eigenvalue weighted by Crippen LogP contribution is -2.05. The second-order valence-electron chi connectivity index (χ2n) is 3.56. The number of hydrogen-bond donors (Lipinski definition) is 2. The molecule has 2 heterocycles. The topological polar surface area (TPSA) is 67.1 Å². The van der Waals surface area contributed by atoms with Crippen LogP contribution in [0.25, 0.3) is 16.7 Å². The van der Waals surface area contributed by atoms with E-state index in [4.69, 9.17) is 5.73 Å². The van der Waals surface area contributed by atoms with Crippen LogP contribution in [0.5, 0.6) is 0 Å². The van der Waals surface area contributed by atoms with Crippen LogP contribution in [0.2, 0.25) is 0 Å². The number of fused-ring (bicyclic) bond motifs is 1. The van der Waals surface area contributed by atoms with Crippen LogP contribution in [0.1, 0.15) is 19.4 Å². The van der Waals surface area contributed by atoms with Crippen molar-refractivity contribution in [1.29, 1.82) is 0 Å². The lowest BCUT2D eigenvalue weighted by atomic mass is 10.2. The van der Waals surface area contributed by atoms with E-state index in [1.807, 2.05) is 31.3 Å². The number of nitrogens with two attached hydrogens (primary N) is 1. The van der Waals surface area contributed by atoms with Gasteiger partial charge < -0.3 is 10.7 Å². The van der Waals surface area contributed by atoms with Crippen molar-refractivity contribution in [2.75, 3.05) is 0 Å². The van der Waals surface area contributed by atoms with Crippen LogP contribution in [-0.2, 0) is 0 Å². The average Bonchev–Trinajstić information content (AvgIpc) is 2.72. The van der Waals surface area contributed by atoms with E-state index in [9.17, 15) is 0 Å². The number of aromatic amines is 1. The molecule has 4 nitrogen and oxygen atoms in total. The molecule has 3 N–H and O–H groups in total. The molecule has 0 bridgehead atoms. The zero-order valence-corrected chi connectivity index (χ0v) is 9.36. The predicted octanol–water partition coefficient (Wildman–Crippen LogP) is 2.30. The van der Waals surface area contributed by atoms with Crippen molar-refractivity contribution in [2.45, 2.75) is 13.8 Å². The Bertz CT molecular complexity index is 559. The van der Waals surface area contributed by atoms with E-state index in [0.717, 1.165) is 22.3 Å². The number of rotatable bonds is 2. The number of amidine groups is 1. The van der Waals surface area contributed by atoms with Gasteiger partial charge in [-0.3, -0.25) is 4.98 Å². The maximum atomic E-state index is 5.58. The van der Waals surface area contributed by atoms with E-state index in [-0.39, 0.29) is 0 Å². The van der Waals surface area contributed by atoms with Crippen molar-refractivity contribution in [3.8, 4) is 0 Å². The summed E-state index contributed by atoms with van der Waals surface area (Å²) in [6.07, 6.45) is 5.59. The monoisotopic (exact) mass is 214 g/mol. The summed E-state index contributed by atoms with van der Waals surface area (Å²) in [6, 6.07) is 3.95. The fourth-order valence-corrected chi connectivity index (χ4v) is 1.56. The molecule has 0 unspecified atom stereocenters. The molecule has 16 heavy (non-hydrogen) atoms. The van der Waals surface area contributed by atoms with Gasteiger partial charge in [0.2, 0.25) is 0 Å². The Labute approximate surface area is 93.9 Å². The number of nitrogens with zero attached hydrogens (tertiary/aromatic N) is 2. The zero-order chi connectivity index (χ0) is 11.5. The van der Waals surface area contributed by atoms with Crippen molar-refractivity contribution in [3.05, 3.63) is 36.2 Å². The van der Waals surface area contributed by atoms with Gasteiger partial charge in [-0.05, 0) is 26.0 Å². The van der Waals surface area contributed by atoms with E-state index in [1.165, 1.54) is 0 Å². The molecule has 0 spiro atoms. The van der Waals surface area contributed by atoms with Gasteiger partial charge in [0, 0.05) is 18.0 Å². The number of aromatic nitrogens is 2. The van der Waals surface area contributed by atoms with Crippen LogP contribution in [0.3, 0.4) is 0 Å². The Kier molecular flexibility index (Phi) is 2.72. The zero-order valence-electron chi connectivity index (χ0n) is 9.36. The minimum atomic E-state index is 0.541. The highest BCUT2D eigenvalue weighted by Gasteiger charge is 2.02. The highest BCUT2D eigenvalue weighted by atomic mass is 14.9. The van der Waals surface area contributed by atoms with Gasteiger partial charge in [0.05, 0.1) is 22.6 Å². The Morgan fingerprint density at radius 1 is 1.56 bits per heavy atom. The quantitative estimate of drug-likeness (QED) is 0.595. The lowest BCUT2D eigenvalue weighted by Gasteiger charge is -2.02. The van der Waals surface area contributed by atoms with E-state index in [0.29, 0.717) is 5.84 Å². The van der Waals surface area contributed by atoms with E-state index >= 15 is 0 Å². The molecular formula is C12H14N4. The number of hydrogen-bond acceptors (Lipinski definition) is 2. The normalized spacial score (nSPS) is 13.4. The highest BCUT2D eigenvalue weighted by molar-refractivity contribution is 5.86. The first kappa shape index (κ1) is 10.4. The summed E-state index contributed by atoms with van der Waals surface area (Å²) in [7, 11) is 0. The molecular weight excluding hydrogens is 200 g/mol. The molecule has 4 heteroatoms. The predicted molar refractivity (Wildman–Crippen MR) is 67.0 cm³/mol. The third kappa shape index (κ3) is 1.95. The minimum absolute atomic E-state index is 0.541. The highest BCUT2D eigenvalue weighted by Crippen LogP contribution is 2.19. The summed E-state index contributed by atoms with van der Waals surface area (Å²) in [5, 5.41) is 0. The van der Waals surface area contributed by atoms with Crippen molar-refractivity contribution < 1.29 is 0 Å². The Morgan fingerprint density at radius 3 is 3.06 bits per heavy atom. The van der Waals surface area contributed by atoms with Gasteiger partial charge in [0.15, 0.2) is 0 Å². The molecule has 2 rings (SSSR count). The fraction of sp³-hybridized carbons (Fsp3) is 0.167. The molecule has 0 aliphatic rings. The molecule has 0 saturated carbocycles. The third-order valence-electron chi connectivity index (χ3n) is 2.26. The maximum absolute atomic E-state index is 5.58. The first-order chi connectivity index (χ1) is 7.70. The van der Waals surface area contributed by atoms with Gasteiger partial charge in [0.25, 0.3) is 0 Å². The van der Waals surface area contributed by atoms with Crippen LogP contribution in [0.15, 0.2) is 35.6 Å². The second-order valence-corrected chi connectivity index (χ2v) is 3.56. The Balaban J connectivity index is 2.49. The number of aliphatic imine (C=N–C) groups is 1. The average molecular weight is 214 g/mol. The summed E-state index contributed by atoms with van der Waals surface area (Å²) in [4.78, 5) is 11.7. The summed E-state index contributed by atoms with van der Waals surface area (Å²) in [5.41, 5.74) is 9.33. The molecule has 0 radical (unpaired) electrons. The number of allylic oxidation sites excluding steroid dienone is 1. The van der Waals surface area contributed by atoms with E-state index < -0.39 is 0 Å². The molecule has 0 aliphatic heterocycles.